The zero-order valence-electron chi connectivity index (χ0n) is 10.6. The van der Waals surface area contributed by atoms with E-state index in [9.17, 15) is 0 Å². The second-order valence-corrected chi connectivity index (χ2v) is 4.43. The van der Waals surface area contributed by atoms with Gasteiger partial charge in [0.2, 0.25) is 0 Å². The topological polar surface area (TPSA) is 62.3 Å². The van der Waals surface area contributed by atoms with E-state index in [0.29, 0.717) is 13.2 Å². The van der Waals surface area contributed by atoms with Gasteiger partial charge in [0.25, 0.3) is 0 Å². The van der Waals surface area contributed by atoms with Crippen LogP contribution in [0.1, 0.15) is 31.5 Å². The highest BCUT2D eigenvalue weighted by Gasteiger charge is 2.40. The van der Waals surface area contributed by atoms with Crippen LogP contribution in [0.15, 0.2) is 12.3 Å². The molecule has 0 radical (unpaired) electrons. The molecule has 1 aromatic rings. The van der Waals surface area contributed by atoms with E-state index in [1.807, 2.05) is 10.7 Å². The number of hydrogen-bond acceptors (Lipinski definition) is 4. The largest absolute Gasteiger partial charge is 0.381 e. The molecule has 0 bridgehead atoms. The van der Waals surface area contributed by atoms with E-state index in [-0.39, 0.29) is 11.6 Å². The molecule has 2 heterocycles. The van der Waals surface area contributed by atoms with Gasteiger partial charge in [0.1, 0.15) is 0 Å². The lowest BCUT2D eigenvalue weighted by atomic mass is 9.84. The Hall–Kier alpha value is -0.910. The number of aromatic nitrogens is 2. The lowest BCUT2D eigenvalue weighted by molar-refractivity contribution is -0.106. The number of nitrogens with two attached hydrogens (primary N) is 1. The van der Waals surface area contributed by atoms with Crippen LogP contribution in [-0.2, 0) is 16.0 Å². The first-order valence-corrected chi connectivity index (χ1v) is 6.13. The molecule has 1 saturated heterocycles. The lowest BCUT2D eigenvalue weighted by Crippen LogP contribution is -2.48. The quantitative estimate of drug-likeness (QED) is 0.854. The van der Waals surface area contributed by atoms with Crippen molar-refractivity contribution in [2.75, 3.05) is 20.3 Å². The van der Waals surface area contributed by atoms with Crippen molar-refractivity contribution in [3.05, 3.63) is 18.0 Å². The Morgan fingerprint density at radius 2 is 2.29 bits per heavy atom. The summed E-state index contributed by atoms with van der Waals surface area (Å²) in [5, 5.41) is 4.27. The summed E-state index contributed by atoms with van der Waals surface area (Å²) in [6, 6.07) is 1.82. The third-order valence-electron chi connectivity index (χ3n) is 3.68. The van der Waals surface area contributed by atoms with E-state index in [1.165, 1.54) is 0 Å². The van der Waals surface area contributed by atoms with Crippen LogP contribution < -0.4 is 5.73 Å². The molecule has 5 nitrogen and oxygen atoms in total. The molecule has 1 fully saturated rings. The van der Waals surface area contributed by atoms with Gasteiger partial charge >= 0.3 is 0 Å². The van der Waals surface area contributed by atoms with Crippen molar-refractivity contribution in [1.29, 1.82) is 0 Å². The molecule has 2 N–H and O–H groups in total. The fourth-order valence-electron chi connectivity index (χ4n) is 2.50. The molecule has 1 aliphatic heterocycles. The van der Waals surface area contributed by atoms with Gasteiger partial charge in [-0.3, -0.25) is 4.68 Å². The maximum Gasteiger partial charge on any atom is 0.0929 e. The molecular formula is C12H21N3O2. The van der Waals surface area contributed by atoms with Crippen LogP contribution in [0.2, 0.25) is 0 Å². The summed E-state index contributed by atoms with van der Waals surface area (Å²) in [6.07, 6.45) is 3.46. The fraction of sp³-hybridized carbons (Fsp3) is 0.750. The number of methoxy groups -OCH3 is 1. The van der Waals surface area contributed by atoms with Crippen molar-refractivity contribution in [3.63, 3.8) is 0 Å². The maximum atomic E-state index is 6.39. The second-order valence-electron chi connectivity index (χ2n) is 4.43. The summed E-state index contributed by atoms with van der Waals surface area (Å²) in [7, 11) is 1.73. The van der Waals surface area contributed by atoms with Gasteiger partial charge in [0, 0.05) is 45.9 Å². The van der Waals surface area contributed by atoms with E-state index >= 15 is 0 Å². The maximum absolute atomic E-state index is 6.39. The summed E-state index contributed by atoms with van der Waals surface area (Å²) in [5.74, 6) is 0. The van der Waals surface area contributed by atoms with E-state index < -0.39 is 0 Å². The molecule has 0 aliphatic carbocycles. The minimum Gasteiger partial charge on any atom is -0.381 e. The number of aryl methyl sites for hydroxylation is 1. The summed E-state index contributed by atoms with van der Waals surface area (Å²) >= 11 is 0. The summed E-state index contributed by atoms with van der Waals surface area (Å²) < 4.78 is 13.0. The number of ether oxygens (including phenoxy) is 2. The molecule has 0 saturated carbocycles. The predicted molar refractivity (Wildman–Crippen MR) is 64.6 cm³/mol. The van der Waals surface area contributed by atoms with Gasteiger partial charge in [-0.15, -0.1) is 0 Å². The molecule has 1 unspecified atom stereocenters. The smallest absolute Gasteiger partial charge is 0.0929 e. The van der Waals surface area contributed by atoms with E-state index in [1.54, 1.807) is 13.3 Å². The third-order valence-corrected chi connectivity index (χ3v) is 3.68. The summed E-state index contributed by atoms with van der Waals surface area (Å²) in [5.41, 5.74) is 7.12. The number of hydrogen-bond donors (Lipinski definition) is 1. The Kier molecular flexibility index (Phi) is 3.81. The molecule has 1 atom stereocenters. The van der Waals surface area contributed by atoms with E-state index in [4.69, 9.17) is 15.2 Å². The summed E-state index contributed by atoms with van der Waals surface area (Å²) in [6.45, 7) is 4.31. The monoisotopic (exact) mass is 239 g/mol. The molecule has 5 heteroatoms. The minimum atomic E-state index is -0.314. The van der Waals surface area contributed by atoms with Crippen LogP contribution in [0.25, 0.3) is 0 Å². The Morgan fingerprint density at radius 1 is 1.59 bits per heavy atom. The van der Waals surface area contributed by atoms with Gasteiger partial charge < -0.3 is 15.2 Å². The van der Waals surface area contributed by atoms with Crippen molar-refractivity contribution >= 4 is 0 Å². The Labute approximate surface area is 102 Å². The average molecular weight is 239 g/mol. The summed E-state index contributed by atoms with van der Waals surface area (Å²) in [4.78, 5) is 0. The second kappa shape index (κ2) is 5.16. The minimum absolute atomic E-state index is 0.154. The van der Waals surface area contributed by atoms with Crippen molar-refractivity contribution in [2.24, 2.45) is 5.73 Å². The highest BCUT2D eigenvalue weighted by atomic mass is 16.5. The normalized spacial score (nSPS) is 21.4. The van der Waals surface area contributed by atoms with E-state index in [0.717, 1.165) is 25.1 Å². The standard InChI is InChI=1S/C12H21N3O2/c1-3-15-10(4-7-14-15)11(13)12(16-2)5-8-17-9-6-12/h4,7,11H,3,5-6,8-9,13H2,1-2H3. The Morgan fingerprint density at radius 3 is 2.88 bits per heavy atom. The Bertz CT molecular complexity index is 358. The Balaban J connectivity index is 2.24. The van der Waals surface area contributed by atoms with Gasteiger partial charge in [0.15, 0.2) is 0 Å². The SMILES string of the molecule is CCn1nccc1C(N)C1(OC)CCOCC1. The zero-order chi connectivity index (χ0) is 12.3. The van der Waals surface area contributed by atoms with Crippen molar-refractivity contribution in [2.45, 2.75) is 38.0 Å². The molecule has 96 valence electrons. The molecule has 1 aliphatic rings. The van der Waals surface area contributed by atoms with Crippen molar-refractivity contribution < 1.29 is 9.47 Å². The van der Waals surface area contributed by atoms with Gasteiger partial charge in [-0.1, -0.05) is 0 Å². The first-order valence-electron chi connectivity index (χ1n) is 6.13. The zero-order valence-corrected chi connectivity index (χ0v) is 10.6. The van der Waals surface area contributed by atoms with Gasteiger partial charge in [-0.05, 0) is 13.0 Å². The van der Waals surface area contributed by atoms with Gasteiger partial charge in [-0.25, -0.2) is 0 Å². The fourth-order valence-corrected chi connectivity index (χ4v) is 2.50. The van der Waals surface area contributed by atoms with Crippen LogP contribution in [0.5, 0.6) is 0 Å². The number of nitrogens with zero attached hydrogens (tertiary/aromatic N) is 2. The first-order chi connectivity index (χ1) is 8.23. The lowest BCUT2D eigenvalue weighted by Gasteiger charge is -2.40. The molecule has 17 heavy (non-hydrogen) atoms. The van der Waals surface area contributed by atoms with Crippen molar-refractivity contribution in [3.8, 4) is 0 Å². The van der Waals surface area contributed by atoms with Crippen LogP contribution in [0, 0.1) is 0 Å². The average Bonchev–Trinajstić information content (AvgIpc) is 2.86. The molecule has 0 aromatic carbocycles. The molecule has 0 amide bonds. The van der Waals surface area contributed by atoms with Gasteiger partial charge in [0.05, 0.1) is 17.3 Å². The number of rotatable bonds is 4. The molecule has 0 spiro atoms. The van der Waals surface area contributed by atoms with Crippen LogP contribution in [0.4, 0.5) is 0 Å². The van der Waals surface area contributed by atoms with E-state index in [2.05, 4.69) is 12.0 Å². The highest BCUT2D eigenvalue weighted by Crippen LogP contribution is 2.35. The molecular weight excluding hydrogens is 218 g/mol. The highest BCUT2D eigenvalue weighted by molar-refractivity contribution is 5.13. The van der Waals surface area contributed by atoms with Crippen LogP contribution in [-0.4, -0.2) is 35.7 Å². The molecule has 2 rings (SSSR count). The van der Waals surface area contributed by atoms with Crippen LogP contribution >= 0.6 is 0 Å². The first kappa shape index (κ1) is 12.5. The van der Waals surface area contributed by atoms with Gasteiger partial charge in [-0.2, -0.15) is 5.10 Å². The third kappa shape index (κ3) is 2.22. The predicted octanol–water partition coefficient (Wildman–Crippen LogP) is 1.10. The molecule has 1 aromatic heterocycles. The van der Waals surface area contributed by atoms with Crippen molar-refractivity contribution in [1.82, 2.24) is 9.78 Å². The van der Waals surface area contributed by atoms with Crippen LogP contribution in [0.3, 0.4) is 0 Å².